The van der Waals surface area contributed by atoms with Gasteiger partial charge in [0.25, 0.3) is 0 Å². The van der Waals surface area contributed by atoms with E-state index < -0.39 is 0 Å². The van der Waals surface area contributed by atoms with Gasteiger partial charge >= 0.3 is 0 Å². The Morgan fingerprint density at radius 1 is 1.16 bits per heavy atom. The van der Waals surface area contributed by atoms with Crippen molar-refractivity contribution in [3.63, 3.8) is 0 Å². The molecule has 0 fully saturated rings. The average Bonchev–Trinajstić information content (AvgIpc) is 3.33. The highest BCUT2D eigenvalue weighted by molar-refractivity contribution is 5.73. The van der Waals surface area contributed by atoms with E-state index in [0.29, 0.717) is 18.7 Å². The summed E-state index contributed by atoms with van der Waals surface area (Å²) in [5.41, 5.74) is 3.34. The molecule has 3 aromatic heterocycles. The lowest BCUT2D eigenvalue weighted by Gasteiger charge is -2.10. The van der Waals surface area contributed by atoms with Crippen molar-refractivity contribution >= 4 is 11.3 Å². The van der Waals surface area contributed by atoms with Crippen LogP contribution in [0.15, 0.2) is 49.1 Å². The van der Waals surface area contributed by atoms with Crippen molar-refractivity contribution in [1.82, 2.24) is 34.8 Å². The Bertz CT molecular complexity index is 962. The largest absolute Gasteiger partial charge is 0.497 e. The summed E-state index contributed by atoms with van der Waals surface area (Å²) in [6.45, 7) is 1.37. The summed E-state index contributed by atoms with van der Waals surface area (Å²) in [5.74, 6) is 0.806. The number of hydrogen-bond donors (Lipinski definition) is 1. The number of methoxy groups -OCH3 is 1. The molecule has 0 saturated carbocycles. The van der Waals surface area contributed by atoms with E-state index in [2.05, 4.69) is 30.9 Å². The van der Waals surface area contributed by atoms with Crippen molar-refractivity contribution in [3.8, 4) is 17.0 Å². The molecule has 0 amide bonds. The van der Waals surface area contributed by atoms with Gasteiger partial charge in [-0.1, -0.05) is 5.21 Å². The molecule has 3 heterocycles. The number of benzene rings is 1. The fourth-order valence-electron chi connectivity index (χ4n) is 2.52. The smallest absolute Gasteiger partial charge is 0.200 e. The van der Waals surface area contributed by atoms with Crippen LogP contribution in [-0.2, 0) is 6.54 Å². The van der Waals surface area contributed by atoms with E-state index >= 15 is 0 Å². The summed E-state index contributed by atoms with van der Waals surface area (Å²) in [6, 6.07) is 9.72. The molecule has 126 valence electrons. The second-order valence-electron chi connectivity index (χ2n) is 5.36. The molecule has 4 rings (SSSR count). The number of rotatable bonds is 6. The van der Waals surface area contributed by atoms with Crippen LogP contribution in [0, 0.1) is 0 Å². The third-order valence-electron chi connectivity index (χ3n) is 3.78. The van der Waals surface area contributed by atoms with Crippen LogP contribution in [0.1, 0.15) is 0 Å². The highest BCUT2D eigenvalue weighted by Gasteiger charge is 2.09. The maximum Gasteiger partial charge on any atom is 0.200 e. The lowest BCUT2D eigenvalue weighted by molar-refractivity contribution is 0.415. The molecule has 0 radical (unpaired) electrons. The molecule has 0 bridgehead atoms. The van der Waals surface area contributed by atoms with E-state index in [1.54, 1.807) is 28.8 Å². The van der Waals surface area contributed by atoms with Crippen molar-refractivity contribution in [2.45, 2.75) is 6.54 Å². The number of ether oxygens (including phenoxy) is 1. The quantitative estimate of drug-likeness (QED) is 0.570. The molecule has 0 aliphatic rings. The molecule has 25 heavy (non-hydrogen) atoms. The Morgan fingerprint density at radius 2 is 2.04 bits per heavy atom. The lowest BCUT2D eigenvalue weighted by atomic mass is 10.1. The lowest BCUT2D eigenvalue weighted by Crippen LogP contribution is -2.12. The second-order valence-corrected chi connectivity index (χ2v) is 5.36. The zero-order valence-corrected chi connectivity index (χ0v) is 13.6. The van der Waals surface area contributed by atoms with Crippen LogP contribution in [0.3, 0.4) is 0 Å². The summed E-state index contributed by atoms with van der Waals surface area (Å²) in [6.07, 6.45) is 5.07. The van der Waals surface area contributed by atoms with Crippen molar-refractivity contribution in [2.75, 3.05) is 19.0 Å². The van der Waals surface area contributed by atoms with Gasteiger partial charge in [-0.05, 0) is 30.3 Å². The van der Waals surface area contributed by atoms with Crippen LogP contribution in [0.2, 0.25) is 0 Å². The molecule has 0 unspecified atom stereocenters. The molecule has 9 nitrogen and oxygen atoms in total. The zero-order valence-electron chi connectivity index (χ0n) is 13.6. The maximum atomic E-state index is 5.20. The molecular weight excluding hydrogens is 320 g/mol. The molecule has 1 aromatic carbocycles. The minimum absolute atomic E-state index is 0.677. The molecule has 0 spiro atoms. The third-order valence-corrected chi connectivity index (χ3v) is 3.78. The first-order chi connectivity index (χ1) is 12.3. The highest BCUT2D eigenvalue weighted by Crippen LogP contribution is 2.24. The number of anilines is 1. The maximum absolute atomic E-state index is 5.20. The van der Waals surface area contributed by atoms with Gasteiger partial charge in [0.1, 0.15) is 12.1 Å². The summed E-state index contributed by atoms with van der Waals surface area (Å²) >= 11 is 0. The predicted molar refractivity (Wildman–Crippen MR) is 91.3 cm³/mol. The van der Waals surface area contributed by atoms with E-state index in [-0.39, 0.29) is 0 Å². The van der Waals surface area contributed by atoms with Gasteiger partial charge < -0.3 is 10.1 Å². The number of aromatic nitrogens is 7. The first-order valence-corrected chi connectivity index (χ1v) is 7.77. The topological polar surface area (TPSA) is 95.0 Å². The van der Waals surface area contributed by atoms with E-state index in [1.165, 1.54) is 0 Å². The van der Waals surface area contributed by atoms with Crippen molar-refractivity contribution in [2.24, 2.45) is 0 Å². The van der Waals surface area contributed by atoms with Crippen LogP contribution in [0.4, 0.5) is 5.69 Å². The van der Waals surface area contributed by atoms with Crippen LogP contribution in [0.25, 0.3) is 16.9 Å². The Balaban J connectivity index is 1.61. The minimum Gasteiger partial charge on any atom is -0.497 e. The summed E-state index contributed by atoms with van der Waals surface area (Å²) in [5, 5.41) is 23.8. The molecule has 9 heteroatoms. The van der Waals surface area contributed by atoms with Crippen LogP contribution in [0.5, 0.6) is 5.75 Å². The summed E-state index contributed by atoms with van der Waals surface area (Å²) in [4.78, 5) is 0. The minimum atomic E-state index is 0.677. The average molecular weight is 336 g/mol. The van der Waals surface area contributed by atoms with Gasteiger partial charge in [0.05, 0.1) is 31.2 Å². The highest BCUT2D eigenvalue weighted by atomic mass is 16.5. The van der Waals surface area contributed by atoms with E-state index in [9.17, 15) is 0 Å². The van der Waals surface area contributed by atoms with Gasteiger partial charge in [0.15, 0.2) is 0 Å². The molecule has 0 aliphatic carbocycles. The van der Waals surface area contributed by atoms with Gasteiger partial charge in [-0.25, -0.2) is 0 Å². The van der Waals surface area contributed by atoms with Crippen molar-refractivity contribution < 1.29 is 4.74 Å². The Kier molecular flexibility index (Phi) is 3.95. The SMILES string of the molecule is COc1ccc(-c2cc(NCCn3ccnn3)c3nncn3n2)cc1. The summed E-state index contributed by atoms with van der Waals surface area (Å²) in [7, 11) is 1.65. The number of fused-ring (bicyclic) bond motifs is 1. The second kappa shape index (κ2) is 6.56. The predicted octanol–water partition coefficient (Wildman–Crippen LogP) is 1.50. The van der Waals surface area contributed by atoms with Crippen molar-refractivity contribution in [3.05, 3.63) is 49.1 Å². The Labute approximate surface area is 143 Å². The molecule has 1 N–H and O–H groups in total. The number of nitrogens with one attached hydrogen (secondary N) is 1. The standard InChI is InChI=1S/C16H16N8O/c1-25-13-4-2-12(3-5-13)14-10-15(16-20-19-11-24(16)21-14)17-6-8-23-9-7-18-22-23/h2-5,7,9-11,17H,6,8H2,1H3. The van der Waals surface area contributed by atoms with Crippen LogP contribution < -0.4 is 10.1 Å². The molecule has 0 saturated heterocycles. The van der Waals surface area contributed by atoms with Gasteiger partial charge in [0.2, 0.25) is 5.65 Å². The molecule has 0 atom stereocenters. The van der Waals surface area contributed by atoms with Gasteiger partial charge in [-0.2, -0.15) is 9.61 Å². The normalized spacial score (nSPS) is 10.9. The Morgan fingerprint density at radius 3 is 2.80 bits per heavy atom. The van der Waals surface area contributed by atoms with Gasteiger partial charge in [-0.15, -0.1) is 15.3 Å². The van der Waals surface area contributed by atoms with Crippen LogP contribution in [-0.4, -0.2) is 48.5 Å². The number of nitrogens with zero attached hydrogens (tertiary/aromatic N) is 7. The fraction of sp³-hybridized carbons (Fsp3) is 0.188. The van der Waals surface area contributed by atoms with Gasteiger partial charge in [0, 0.05) is 18.3 Å². The van der Waals surface area contributed by atoms with Gasteiger partial charge in [-0.3, -0.25) is 4.68 Å². The Hall–Kier alpha value is -3.49. The van der Waals surface area contributed by atoms with E-state index in [0.717, 1.165) is 22.7 Å². The summed E-state index contributed by atoms with van der Waals surface area (Å²) < 4.78 is 8.63. The zero-order chi connectivity index (χ0) is 17.1. The van der Waals surface area contributed by atoms with E-state index in [1.807, 2.05) is 36.5 Å². The first-order valence-electron chi connectivity index (χ1n) is 7.77. The van der Waals surface area contributed by atoms with E-state index in [4.69, 9.17) is 4.74 Å². The monoisotopic (exact) mass is 336 g/mol. The number of hydrogen-bond acceptors (Lipinski definition) is 7. The molecule has 4 aromatic rings. The molecule has 0 aliphatic heterocycles. The molecular formula is C16H16N8O. The fourth-order valence-corrected chi connectivity index (χ4v) is 2.52. The first kappa shape index (κ1) is 15.1. The van der Waals surface area contributed by atoms with Crippen LogP contribution >= 0.6 is 0 Å². The third kappa shape index (κ3) is 3.11. The van der Waals surface area contributed by atoms with Crippen molar-refractivity contribution in [1.29, 1.82) is 0 Å².